The number of pyridine rings is 3. The van der Waals surface area contributed by atoms with Gasteiger partial charge in [-0.2, -0.15) is 0 Å². The van der Waals surface area contributed by atoms with E-state index in [-0.39, 0.29) is 5.56 Å². The summed E-state index contributed by atoms with van der Waals surface area (Å²) < 4.78 is 10.6. The number of carbonyl (C=O) groups excluding carboxylic acids is 1. The molecule has 9 heterocycles. The molecule has 14 heteroatoms. The molecule has 3 aliphatic rings. The second kappa shape index (κ2) is 16.2. The Morgan fingerprint density at radius 2 is 0.871 bits per heavy atom. The molecule has 0 radical (unpaired) electrons. The van der Waals surface area contributed by atoms with Crippen molar-refractivity contribution in [2.75, 3.05) is 6.61 Å². The van der Waals surface area contributed by atoms with E-state index >= 15 is 0 Å². The molecule has 0 spiro atoms. The van der Waals surface area contributed by atoms with E-state index in [2.05, 4.69) is 31.0 Å². The molecule has 1 aromatic carbocycles. The van der Waals surface area contributed by atoms with Crippen LogP contribution in [0.5, 0.6) is 0 Å². The second-order valence-corrected chi connectivity index (χ2v) is 14.9. The van der Waals surface area contributed by atoms with Gasteiger partial charge >= 0.3 is 5.97 Å². The molecule has 5 atom stereocenters. The van der Waals surface area contributed by atoms with Crippen molar-refractivity contribution in [1.29, 1.82) is 0 Å². The molecule has 3 aliphatic heterocycles. The molecule has 0 saturated carbocycles. The van der Waals surface area contributed by atoms with Crippen LogP contribution in [0, 0.1) is 0 Å². The van der Waals surface area contributed by atoms with Crippen molar-refractivity contribution in [1.82, 2.24) is 34.9 Å². The molecule has 14 nitrogen and oxygen atoms in total. The number of esters is 1. The molecule has 306 valence electrons. The van der Waals surface area contributed by atoms with E-state index in [0.717, 1.165) is 78.0 Å². The Morgan fingerprint density at radius 1 is 0.500 bits per heavy atom. The normalized spacial score (nSPS) is 19.4. The molecule has 7 aromatic rings. The van der Waals surface area contributed by atoms with Crippen LogP contribution in [-0.2, 0) is 9.47 Å². The Kier molecular flexibility index (Phi) is 10.1. The SMILES string of the molecule is O=C(OC[C@H]1O[C@@H](O)[C@H](O)[C@@H](O)[C@H]1O)c1ccc(-c2c3nc(c(-c4ccncc4)c4ccc([nH]4)c(-c4ccncc4)c4nc(c(-c5ccncc5)c5ccc2[nH]5)C=C4)C=C3)cc1. The van der Waals surface area contributed by atoms with E-state index in [4.69, 9.17) is 19.4 Å². The van der Waals surface area contributed by atoms with Crippen molar-refractivity contribution in [3.05, 3.63) is 150 Å². The molecule has 1 saturated heterocycles. The summed E-state index contributed by atoms with van der Waals surface area (Å²) in [5.41, 5.74) is 13.3. The van der Waals surface area contributed by atoms with Gasteiger partial charge in [0.05, 0.1) is 28.3 Å². The topological polar surface area (TPSA) is 212 Å². The van der Waals surface area contributed by atoms with Crippen molar-refractivity contribution in [3.8, 4) is 44.5 Å². The van der Waals surface area contributed by atoms with E-state index in [1.54, 1.807) is 61.4 Å². The minimum absolute atomic E-state index is 0.211. The van der Waals surface area contributed by atoms with Gasteiger partial charge in [-0.25, -0.2) is 14.8 Å². The van der Waals surface area contributed by atoms with Gasteiger partial charge in [-0.1, -0.05) is 12.1 Å². The summed E-state index contributed by atoms with van der Waals surface area (Å²) in [6.07, 6.45) is 10.6. The van der Waals surface area contributed by atoms with Gasteiger partial charge in [-0.3, -0.25) is 15.0 Å². The van der Waals surface area contributed by atoms with Crippen LogP contribution in [0.25, 0.3) is 90.9 Å². The van der Waals surface area contributed by atoms with Gasteiger partial charge in [0, 0.05) is 81.5 Å². The minimum Gasteiger partial charge on any atom is -0.459 e. The molecule has 8 bridgehead atoms. The van der Waals surface area contributed by atoms with Gasteiger partial charge in [0.2, 0.25) is 0 Å². The fourth-order valence-electron chi connectivity index (χ4n) is 8.06. The highest BCUT2D eigenvalue weighted by Gasteiger charge is 2.43. The zero-order valence-corrected chi connectivity index (χ0v) is 32.7. The first kappa shape index (κ1) is 38.7. The summed E-state index contributed by atoms with van der Waals surface area (Å²) in [5, 5.41) is 40.1. The van der Waals surface area contributed by atoms with E-state index < -0.39 is 43.3 Å². The number of rotatable bonds is 7. The van der Waals surface area contributed by atoms with Crippen molar-refractivity contribution in [2.24, 2.45) is 0 Å². The predicted octanol–water partition coefficient (Wildman–Crippen LogP) is 6.47. The number of ether oxygens (including phenoxy) is 2. The lowest BCUT2D eigenvalue weighted by molar-refractivity contribution is -0.286. The summed E-state index contributed by atoms with van der Waals surface area (Å²) in [6.45, 7) is -0.469. The Bertz CT molecular complexity index is 3010. The number of carbonyl (C=O) groups is 1. The first-order valence-electron chi connectivity index (χ1n) is 19.8. The first-order chi connectivity index (χ1) is 30.3. The molecule has 0 unspecified atom stereocenters. The van der Waals surface area contributed by atoms with Crippen LogP contribution in [-0.4, -0.2) is 98.6 Å². The number of nitrogens with one attached hydrogen (secondary N) is 2. The summed E-state index contributed by atoms with van der Waals surface area (Å²) in [6, 6.07) is 26.7. The Morgan fingerprint density at radius 3 is 1.26 bits per heavy atom. The van der Waals surface area contributed by atoms with Crippen molar-refractivity contribution in [2.45, 2.75) is 30.7 Å². The third-order valence-corrected chi connectivity index (χ3v) is 11.1. The zero-order chi connectivity index (χ0) is 42.3. The van der Waals surface area contributed by atoms with Gasteiger partial charge in [-0.15, -0.1) is 0 Å². The number of H-pyrrole nitrogens is 2. The van der Waals surface area contributed by atoms with Gasteiger partial charge in [-0.05, 0) is 119 Å². The lowest BCUT2D eigenvalue weighted by Gasteiger charge is -2.37. The van der Waals surface area contributed by atoms with E-state index in [1.165, 1.54) is 0 Å². The predicted molar refractivity (Wildman–Crippen MR) is 233 cm³/mol. The molecule has 1 fully saturated rings. The fraction of sp³-hybridized carbons (Fsp3) is 0.125. The molecule has 62 heavy (non-hydrogen) atoms. The van der Waals surface area contributed by atoms with E-state index in [0.29, 0.717) is 11.4 Å². The maximum atomic E-state index is 13.2. The summed E-state index contributed by atoms with van der Waals surface area (Å²) >= 11 is 0. The molecule has 6 N–H and O–H groups in total. The number of hydrogen-bond acceptors (Lipinski definition) is 12. The van der Waals surface area contributed by atoms with Crippen LogP contribution in [0.4, 0.5) is 0 Å². The van der Waals surface area contributed by atoms with Crippen LogP contribution in [0.3, 0.4) is 0 Å². The Balaban J connectivity index is 1.17. The van der Waals surface area contributed by atoms with Crippen LogP contribution in [0.2, 0.25) is 0 Å². The van der Waals surface area contributed by atoms with Gasteiger partial charge < -0.3 is 39.9 Å². The smallest absolute Gasteiger partial charge is 0.338 e. The average Bonchev–Trinajstić information content (AvgIpc) is 4.16. The standard InChI is InChI=1S/C48H37N7O7/c56-44-39(62-48(60)46(58)45(44)57)25-61-47(59)30-3-1-26(2-4-30)40-31-5-7-33(52-31)41(27-13-19-49-20-14-27)35-9-11-37(54-35)43(29-17-23-51-24-18-29)38-12-10-36(55-38)42(28-15-21-50-22-16-28)34-8-6-32(40)53-34/h1-24,39,44-46,48,52,55-58,60H,25H2/t39-,44+,45+,46-,48-/m1/s1. The van der Waals surface area contributed by atoms with E-state index in [9.17, 15) is 25.2 Å². The fourth-order valence-corrected chi connectivity index (χ4v) is 8.06. The molecule has 10 rings (SSSR count). The number of aliphatic hydroxyl groups excluding tert-OH is 4. The Labute approximate surface area is 353 Å². The highest BCUT2D eigenvalue weighted by Crippen LogP contribution is 2.38. The average molecular weight is 824 g/mol. The highest BCUT2D eigenvalue weighted by atomic mass is 16.6. The van der Waals surface area contributed by atoms with Crippen LogP contribution < -0.4 is 0 Å². The maximum absolute atomic E-state index is 13.2. The lowest BCUT2D eigenvalue weighted by atomic mass is 9.99. The number of nitrogens with zero attached hydrogens (tertiary/aromatic N) is 5. The van der Waals surface area contributed by atoms with Gasteiger partial charge in [0.25, 0.3) is 0 Å². The Hall–Kier alpha value is -7.46. The lowest BCUT2D eigenvalue weighted by Crippen LogP contribution is -2.58. The van der Waals surface area contributed by atoms with Crippen molar-refractivity contribution >= 4 is 52.3 Å². The molecular formula is C48H37N7O7. The molecular weight excluding hydrogens is 787 g/mol. The molecule has 0 aliphatic carbocycles. The first-order valence-corrected chi connectivity index (χ1v) is 19.8. The zero-order valence-electron chi connectivity index (χ0n) is 32.7. The number of aromatic nitrogens is 7. The number of hydrogen-bond donors (Lipinski definition) is 6. The largest absolute Gasteiger partial charge is 0.459 e. The third-order valence-electron chi connectivity index (χ3n) is 11.1. The van der Waals surface area contributed by atoms with Gasteiger partial charge in [0.1, 0.15) is 31.0 Å². The van der Waals surface area contributed by atoms with Crippen molar-refractivity contribution < 1.29 is 34.7 Å². The second-order valence-electron chi connectivity index (χ2n) is 14.9. The number of aliphatic hydroxyl groups is 4. The van der Waals surface area contributed by atoms with E-state index in [1.807, 2.05) is 78.9 Å². The number of benzene rings is 1. The van der Waals surface area contributed by atoms with Crippen LogP contribution in [0.1, 0.15) is 33.1 Å². The monoisotopic (exact) mass is 823 g/mol. The molecule has 0 amide bonds. The maximum Gasteiger partial charge on any atom is 0.338 e. The number of fused-ring (bicyclic) bond motifs is 8. The third kappa shape index (κ3) is 7.17. The highest BCUT2D eigenvalue weighted by molar-refractivity contribution is 6.00. The van der Waals surface area contributed by atoms with Crippen LogP contribution in [0.15, 0.2) is 122 Å². The van der Waals surface area contributed by atoms with Crippen molar-refractivity contribution in [3.63, 3.8) is 0 Å². The van der Waals surface area contributed by atoms with Crippen LogP contribution >= 0.6 is 0 Å². The summed E-state index contributed by atoms with van der Waals surface area (Å²) in [7, 11) is 0. The minimum atomic E-state index is -1.75. The molecule has 6 aromatic heterocycles. The number of aromatic amines is 2. The summed E-state index contributed by atoms with van der Waals surface area (Å²) in [5.74, 6) is -0.717. The quantitative estimate of drug-likeness (QED) is 0.0956. The van der Waals surface area contributed by atoms with Gasteiger partial charge in [0.15, 0.2) is 6.29 Å². The summed E-state index contributed by atoms with van der Waals surface area (Å²) in [4.78, 5) is 44.0.